The molecule has 1 aromatic rings. The minimum Gasteiger partial charge on any atom is -0.399 e. The number of rotatable bonds is 2. The lowest BCUT2D eigenvalue weighted by Gasteiger charge is -2.04. The minimum absolute atomic E-state index is 0.0956. The summed E-state index contributed by atoms with van der Waals surface area (Å²) in [6, 6.07) is 5.22. The molecule has 1 aromatic carbocycles. The van der Waals surface area contributed by atoms with Crippen LogP contribution < -0.4 is 11.1 Å². The Labute approximate surface area is 87.2 Å². The summed E-state index contributed by atoms with van der Waals surface area (Å²) >= 11 is 5.79. The second-order valence-electron chi connectivity index (χ2n) is 3.52. The summed E-state index contributed by atoms with van der Waals surface area (Å²) in [5.74, 6) is -0.0956. The molecule has 0 saturated heterocycles. The molecular formula is C10H11ClN2O. The van der Waals surface area contributed by atoms with E-state index in [2.05, 4.69) is 5.32 Å². The molecule has 0 unspecified atom stereocenters. The number of nitrogens with one attached hydrogen (secondary N) is 1. The molecule has 3 N–H and O–H groups in total. The van der Waals surface area contributed by atoms with Gasteiger partial charge in [0.2, 0.25) is 0 Å². The van der Waals surface area contributed by atoms with Crippen molar-refractivity contribution in [3.8, 4) is 0 Å². The highest BCUT2D eigenvalue weighted by Crippen LogP contribution is 2.21. The van der Waals surface area contributed by atoms with Gasteiger partial charge in [0.15, 0.2) is 0 Å². The molecule has 3 nitrogen and oxygen atoms in total. The topological polar surface area (TPSA) is 55.1 Å². The van der Waals surface area contributed by atoms with Gasteiger partial charge < -0.3 is 11.1 Å². The molecule has 1 aliphatic carbocycles. The fourth-order valence-corrected chi connectivity index (χ4v) is 1.48. The summed E-state index contributed by atoms with van der Waals surface area (Å²) in [5.41, 5.74) is 6.62. The number of hydrogen-bond acceptors (Lipinski definition) is 2. The Morgan fingerprint density at radius 3 is 2.71 bits per heavy atom. The lowest BCUT2D eigenvalue weighted by molar-refractivity contribution is 0.0951. The predicted molar refractivity (Wildman–Crippen MR) is 56.4 cm³/mol. The van der Waals surface area contributed by atoms with E-state index in [1.165, 1.54) is 0 Å². The van der Waals surface area contributed by atoms with Gasteiger partial charge in [-0.15, -0.1) is 0 Å². The molecule has 1 fully saturated rings. The first kappa shape index (κ1) is 9.34. The van der Waals surface area contributed by atoms with Crippen LogP contribution in [0.15, 0.2) is 18.2 Å². The number of amides is 1. The highest BCUT2D eigenvalue weighted by Gasteiger charge is 2.23. The van der Waals surface area contributed by atoms with Gasteiger partial charge in [0.05, 0.1) is 0 Å². The molecule has 2 rings (SSSR count). The minimum atomic E-state index is -0.0956. The number of carbonyl (C=O) groups excluding carboxylic acids is 1. The summed E-state index contributed by atoms with van der Waals surface area (Å²) < 4.78 is 0. The fraction of sp³-hybridized carbons (Fsp3) is 0.300. The van der Waals surface area contributed by atoms with Crippen molar-refractivity contribution in [3.05, 3.63) is 28.8 Å². The van der Waals surface area contributed by atoms with E-state index in [1.54, 1.807) is 18.2 Å². The van der Waals surface area contributed by atoms with E-state index in [1.807, 2.05) is 0 Å². The van der Waals surface area contributed by atoms with E-state index in [0.29, 0.717) is 22.3 Å². The standard InChI is InChI=1S/C10H11ClN2O/c11-7-3-6(4-8(12)5-7)10(14)13-9-1-2-9/h3-5,9H,1-2,12H2,(H,13,14). The van der Waals surface area contributed by atoms with E-state index < -0.39 is 0 Å². The summed E-state index contributed by atoms with van der Waals surface area (Å²) in [6.07, 6.45) is 2.14. The van der Waals surface area contributed by atoms with Gasteiger partial charge in [0.25, 0.3) is 5.91 Å². The van der Waals surface area contributed by atoms with Gasteiger partial charge in [-0.1, -0.05) is 11.6 Å². The largest absolute Gasteiger partial charge is 0.399 e. The van der Waals surface area contributed by atoms with E-state index in [-0.39, 0.29) is 5.91 Å². The van der Waals surface area contributed by atoms with Crippen LogP contribution in [0, 0.1) is 0 Å². The molecule has 0 aromatic heterocycles. The van der Waals surface area contributed by atoms with Crippen LogP contribution in [0.2, 0.25) is 5.02 Å². The Morgan fingerprint density at radius 2 is 2.14 bits per heavy atom. The molecule has 0 bridgehead atoms. The van der Waals surface area contributed by atoms with Crippen molar-refractivity contribution in [2.75, 3.05) is 5.73 Å². The van der Waals surface area contributed by atoms with E-state index in [0.717, 1.165) is 12.8 Å². The van der Waals surface area contributed by atoms with Gasteiger partial charge in [-0.25, -0.2) is 0 Å². The molecule has 0 aliphatic heterocycles. The zero-order chi connectivity index (χ0) is 10.1. The van der Waals surface area contributed by atoms with Gasteiger partial charge in [-0.3, -0.25) is 4.79 Å². The first-order chi connectivity index (χ1) is 6.65. The third kappa shape index (κ3) is 2.17. The Kier molecular flexibility index (Phi) is 2.33. The van der Waals surface area contributed by atoms with Crippen LogP contribution >= 0.6 is 11.6 Å². The van der Waals surface area contributed by atoms with Gasteiger partial charge in [-0.2, -0.15) is 0 Å². The smallest absolute Gasteiger partial charge is 0.251 e. The van der Waals surface area contributed by atoms with Gasteiger partial charge in [-0.05, 0) is 31.0 Å². The molecule has 4 heteroatoms. The first-order valence-electron chi connectivity index (χ1n) is 4.52. The zero-order valence-corrected chi connectivity index (χ0v) is 8.34. The van der Waals surface area contributed by atoms with Crippen LogP contribution in [0.4, 0.5) is 5.69 Å². The quantitative estimate of drug-likeness (QED) is 0.732. The number of halogens is 1. The number of anilines is 1. The molecule has 14 heavy (non-hydrogen) atoms. The van der Waals surface area contributed by atoms with Crippen LogP contribution in [-0.4, -0.2) is 11.9 Å². The molecule has 1 saturated carbocycles. The van der Waals surface area contributed by atoms with Crippen LogP contribution in [0.5, 0.6) is 0 Å². The van der Waals surface area contributed by atoms with Crippen molar-refractivity contribution in [1.29, 1.82) is 0 Å². The number of benzene rings is 1. The van der Waals surface area contributed by atoms with Crippen molar-refractivity contribution in [1.82, 2.24) is 5.32 Å². The van der Waals surface area contributed by atoms with Crippen LogP contribution in [0.1, 0.15) is 23.2 Å². The second-order valence-corrected chi connectivity index (χ2v) is 3.96. The Hall–Kier alpha value is -1.22. The third-order valence-corrected chi connectivity index (χ3v) is 2.31. The average molecular weight is 211 g/mol. The Bertz CT molecular complexity index is 354. The van der Waals surface area contributed by atoms with Crippen molar-refractivity contribution >= 4 is 23.2 Å². The van der Waals surface area contributed by atoms with E-state index >= 15 is 0 Å². The maximum Gasteiger partial charge on any atom is 0.251 e. The van der Waals surface area contributed by atoms with Crippen molar-refractivity contribution in [2.24, 2.45) is 0 Å². The highest BCUT2D eigenvalue weighted by molar-refractivity contribution is 6.31. The number of carbonyl (C=O) groups is 1. The van der Waals surface area contributed by atoms with Crippen molar-refractivity contribution < 1.29 is 4.79 Å². The molecule has 74 valence electrons. The fourth-order valence-electron chi connectivity index (χ4n) is 1.24. The van der Waals surface area contributed by atoms with E-state index in [4.69, 9.17) is 17.3 Å². The normalized spacial score (nSPS) is 15.2. The molecule has 0 atom stereocenters. The molecule has 0 spiro atoms. The third-order valence-electron chi connectivity index (χ3n) is 2.09. The van der Waals surface area contributed by atoms with Crippen molar-refractivity contribution in [3.63, 3.8) is 0 Å². The molecule has 1 amide bonds. The SMILES string of the molecule is Nc1cc(Cl)cc(C(=O)NC2CC2)c1. The Morgan fingerprint density at radius 1 is 1.43 bits per heavy atom. The predicted octanol–water partition coefficient (Wildman–Crippen LogP) is 1.81. The maximum atomic E-state index is 11.6. The molecule has 0 heterocycles. The second kappa shape index (κ2) is 3.50. The van der Waals surface area contributed by atoms with E-state index in [9.17, 15) is 4.79 Å². The maximum absolute atomic E-state index is 11.6. The molecular weight excluding hydrogens is 200 g/mol. The van der Waals surface area contributed by atoms with Gasteiger partial charge >= 0.3 is 0 Å². The summed E-state index contributed by atoms with van der Waals surface area (Å²) in [7, 11) is 0. The zero-order valence-electron chi connectivity index (χ0n) is 7.59. The monoisotopic (exact) mass is 210 g/mol. The number of nitrogens with two attached hydrogens (primary N) is 1. The summed E-state index contributed by atoms with van der Waals surface area (Å²) in [5, 5.41) is 3.36. The van der Waals surface area contributed by atoms with Crippen molar-refractivity contribution in [2.45, 2.75) is 18.9 Å². The van der Waals surface area contributed by atoms with Gasteiger partial charge in [0.1, 0.15) is 0 Å². The molecule has 0 radical (unpaired) electrons. The van der Waals surface area contributed by atoms with Crippen LogP contribution in [-0.2, 0) is 0 Å². The molecule has 1 aliphatic rings. The summed E-state index contributed by atoms with van der Waals surface area (Å²) in [6.45, 7) is 0. The number of hydrogen-bond donors (Lipinski definition) is 2. The number of nitrogen functional groups attached to an aromatic ring is 1. The lowest BCUT2D eigenvalue weighted by atomic mass is 10.2. The summed E-state index contributed by atoms with van der Waals surface area (Å²) in [4.78, 5) is 11.6. The Balaban J connectivity index is 2.17. The average Bonchev–Trinajstić information content (AvgIpc) is 2.86. The van der Waals surface area contributed by atoms with Gasteiger partial charge in [0, 0.05) is 22.3 Å². The van der Waals surface area contributed by atoms with Crippen LogP contribution in [0.3, 0.4) is 0 Å². The lowest BCUT2D eigenvalue weighted by Crippen LogP contribution is -2.25. The van der Waals surface area contributed by atoms with Crippen LogP contribution in [0.25, 0.3) is 0 Å². The first-order valence-corrected chi connectivity index (χ1v) is 4.90. The highest BCUT2D eigenvalue weighted by atomic mass is 35.5.